The normalized spacial score (nSPS) is 9.77. The number of hydrogen-bond donors (Lipinski definition) is 0. The van der Waals surface area contributed by atoms with Crippen LogP contribution in [0.4, 0.5) is 0 Å². The maximum Gasteiger partial charge on any atom is 0.133 e. The highest BCUT2D eigenvalue weighted by Gasteiger charge is 2.03. The molecule has 1 aromatic rings. The van der Waals surface area contributed by atoms with Crippen molar-refractivity contribution in [1.82, 2.24) is 0 Å². The Hall–Kier alpha value is -0.760. The van der Waals surface area contributed by atoms with Crippen LogP contribution in [0, 0.1) is 14.9 Å². The number of nitrogens with zero attached hydrogens (tertiary/aromatic N) is 1. The summed E-state index contributed by atoms with van der Waals surface area (Å²) < 4.78 is 6.50. The van der Waals surface area contributed by atoms with Gasteiger partial charge in [0.1, 0.15) is 5.75 Å². The van der Waals surface area contributed by atoms with Crippen LogP contribution >= 0.6 is 22.6 Å². The summed E-state index contributed by atoms with van der Waals surface area (Å²) in [6.45, 7) is 3.96. The molecule has 0 unspecified atom stereocenters. The fraction of sp³-hybridized carbons (Fsp3) is 0.300. The molecule has 0 aromatic heterocycles. The molecule has 0 fully saturated rings. The van der Waals surface area contributed by atoms with Gasteiger partial charge in [-0.1, -0.05) is 0 Å². The maximum absolute atomic E-state index is 8.64. The molecule has 0 radical (unpaired) electrons. The molecule has 0 atom stereocenters. The van der Waals surface area contributed by atoms with Crippen LogP contribution < -0.4 is 4.74 Å². The van der Waals surface area contributed by atoms with Crippen LogP contribution in [0.3, 0.4) is 0 Å². The minimum atomic E-state index is 0.168. The van der Waals surface area contributed by atoms with Crippen molar-refractivity contribution in [3.05, 3.63) is 27.3 Å². The van der Waals surface area contributed by atoms with E-state index in [0.717, 1.165) is 9.32 Å². The quantitative estimate of drug-likeness (QED) is 0.783. The van der Waals surface area contributed by atoms with Gasteiger partial charge in [0.25, 0.3) is 0 Å². The van der Waals surface area contributed by atoms with E-state index in [2.05, 4.69) is 28.7 Å². The molecule has 2 nitrogen and oxygen atoms in total. The van der Waals surface area contributed by atoms with E-state index in [9.17, 15) is 0 Å². The van der Waals surface area contributed by atoms with Crippen LogP contribution in [0.25, 0.3) is 0 Å². The van der Waals surface area contributed by atoms with Gasteiger partial charge in [0.2, 0.25) is 0 Å². The van der Waals surface area contributed by atoms with Crippen LogP contribution in [0.1, 0.15) is 19.4 Å². The fourth-order valence-electron chi connectivity index (χ4n) is 0.920. The van der Waals surface area contributed by atoms with Crippen molar-refractivity contribution in [2.75, 3.05) is 0 Å². The van der Waals surface area contributed by atoms with Crippen molar-refractivity contribution < 1.29 is 4.74 Å². The first-order valence-corrected chi connectivity index (χ1v) is 5.07. The van der Waals surface area contributed by atoms with Crippen molar-refractivity contribution in [3.63, 3.8) is 0 Å². The van der Waals surface area contributed by atoms with Gasteiger partial charge in [0.05, 0.1) is 21.3 Å². The van der Waals surface area contributed by atoms with Crippen molar-refractivity contribution in [3.8, 4) is 11.8 Å². The smallest absolute Gasteiger partial charge is 0.133 e. The highest BCUT2D eigenvalue weighted by atomic mass is 127. The van der Waals surface area contributed by atoms with E-state index in [1.54, 1.807) is 6.07 Å². The zero-order valence-corrected chi connectivity index (χ0v) is 9.70. The summed E-state index contributed by atoms with van der Waals surface area (Å²) in [7, 11) is 0. The molecular weight excluding hydrogens is 277 g/mol. The molecule has 0 heterocycles. The average molecular weight is 287 g/mol. The monoisotopic (exact) mass is 287 g/mol. The Morgan fingerprint density at radius 1 is 1.46 bits per heavy atom. The first kappa shape index (κ1) is 10.3. The molecule has 1 aromatic carbocycles. The first-order valence-electron chi connectivity index (χ1n) is 4.00. The van der Waals surface area contributed by atoms with Crippen LogP contribution in [-0.2, 0) is 0 Å². The molecule has 68 valence electrons. The Balaban J connectivity index is 2.93. The Kier molecular flexibility index (Phi) is 3.55. The Bertz CT molecular complexity index is 341. The predicted octanol–water partition coefficient (Wildman–Crippen LogP) is 2.95. The highest BCUT2D eigenvalue weighted by molar-refractivity contribution is 14.1. The van der Waals surface area contributed by atoms with E-state index in [0.29, 0.717) is 5.56 Å². The Labute approximate surface area is 91.7 Å². The van der Waals surface area contributed by atoms with Crippen molar-refractivity contribution in [2.24, 2.45) is 0 Å². The van der Waals surface area contributed by atoms with Gasteiger partial charge >= 0.3 is 0 Å². The molecule has 0 N–H and O–H groups in total. The first-order chi connectivity index (χ1) is 6.13. The standard InChI is InChI=1S/C10H10INO/c1-7(2)13-10-4-3-8(6-12)5-9(10)11/h3-5,7H,1-2H3. The minimum Gasteiger partial charge on any atom is -0.490 e. The summed E-state index contributed by atoms with van der Waals surface area (Å²) in [5, 5.41) is 8.64. The summed E-state index contributed by atoms with van der Waals surface area (Å²) in [5.41, 5.74) is 0.667. The molecular formula is C10H10INO. The molecule has 3 heteroatoms. The SMILES string of the molecule is CC(C)Oc1ccc(C#N)cc1I. The second-order valence-corrected chi connectivity index (χ2v) is 4.09. The van der Waals surface area contributed by atoms with Crippen molar-refractivity contribution in [2.45, 2.75) is 20.0 Å². The van der Waals surface area contributed by atoms with Crippen LogP contribution in [0.2, 0.25) is 0 Å². The lowest BCUT2D eigenvalue weighted by Gasteiger charge is -2.10. The van der Waals surface area contributed by atoms with Crippen molar-refractivity contribution >= 4 is 22.6 Å². The molecule has 0 spiro atoms. The van der Waals surface area contributed by atoms with Gasteiger partial charge in [-0.2, -0.15) is 5.26 Å². The Morgan fingerprint density at radius 2 is 2.15 bits per heavy atom. The molecule has 0 bridgehead atoms. The molecule has 0 aliphatic carbocycles. The lowest BCUT2D eigenvalue weighted by Crippen LogP contribution is -2.06. The van der Waals surface area contributed by atoms with Gasteiger partial charge in [-0.3, -0.25) is 0 Å². The van der Waals surface area contributed by atoms with E-state index in [-0.39, 0.29) is 6.10 Å². The molecule has 0 aliphatic heterocycles. The number of benzene rings is 1. The van der Waals surface area contributed by atoms with E-state index >= 15 is 0 Å². The third-order valence-corrected chi connectivity index (χ3v) is 2.27. The Morgan fingerprint density at radius 3 is 2.62 bits per heavy atom. The number of halogens is 1. The molecule has 0 saturated heterocycles. The van der Waals surface area contributed by atoms with Gasteiger partial charge < -0.3 is 4.74 Å². The highest BCUT2D eigenvalue weighted by Crippen LogP contribution is 2.22. The second kappa shape index (κ2) is 4.47. The third kappa shape index (κ3) is 2.88. The van der Waals surface area contributed by atoms with E-state index < -0.39 is 0 Å². The molecule has 0 amide bonds. The topological polar surface area (TPSA) is 33.0 Å². The number of hydrogen-bond acceptors (Lipinski definition) is 2. The number of ether oxygens (including phenoxy) is 1. The van der Waals surface area contributed by atoms with E-state index in [1.165, 1.54) is 0 Å². The maximum atomic E-state index is 8.64. The van der Waals surface area contributed by atoms with E-state index in [1.807, 2.05) is 26.0 Å². The zero-order chi connectivity index (χ0) is 9.84. The largest absolute Gasteiger partial charge is 0.490 e. The van der Waals surface area contributed by atoms with Gasteiger partial charge in [-0.25, -0.2) is 0 Å². The second-order valence-electron chi connectivity index (χ2n) is 2.92. The van der Waals surface area contributed by atoms with Crippen LogP contribution in [0.5, 0.6) is 5.75 Å². The molecule has 1 rings (SSSR count). The van der Waals surface area contributed by atoms with Crippen molar-refractivity contribution in [1.29, 1.82) is 5.26 Å². The summed E-state index contributed by atoms with van der Waals surface area (Å²) in [6.07, 6.45) is 0.168. The molecule has 0 saturated carbocycles. The molecule has 13 heavy (non-hydrogen) atoms. The van der Waals surface area contributed by atoms with Gasteiger partial charge in [-0.05, 0) is 54.6 Å². The lowest BCUT2D eigenvalue weighted by atomic mass is 10.2. The van der Waals surface area contributed by atoms with Crippen LogP contribution in [-0.4, -0.2) is 6.10 Å². The summed E-state index contributed by atoms with van der Waals surface area (Å²) in [6, 6.07) is 7.50. The average Bonchev–Trinajstić information content (AvgIpc) is 2.08. The van der Waals surface area contributed by atoms with Gasteiger partial charge in [-0.15, -0.1) is 0 Å². The number of nitriles is 1. The lowest BCUT2D eigenvalue weighted by molar-refractivity contribution is 0.240. The van der Waals surface area contributed by atoms with Gasteiger partial charge in [0, 0.05) is 0 Å². The summed E-state index contributed by atoms with van der Waals surface area (Å²) >= 11 is 2.17. The van der Waals surface area contributed by atoms with E-state index in [4.69, 9.17) is 10.00 Å². The minimum absolute atomic E-state index is 0.168. The fourth-order valence-corrected chi connectivity index (χ4v) is 1.56. The summed E-state index contributed by atoms with van der Waals surface area (Å²) in [5.74, 6) is 0.842. The summed E-state index contributed by atoms with van der Waals surface area (Å²) in [4.78, 5) is 0. The van der Waals surface area contributed by atoms with Gasteiger partial charge in [0.15, 0.2) is 0 Å². The number of rotatable bonds is 2. The third-order valence-electron chi connectivity index (χ3n) is 1.42. The molecule has 0 aliphatic rings. The zero-order valence-electron chi connectivity index (χ0n) is 7.54. The van der Waals surface area contributed by atoms with Crippen LogP contribution in [0.15, 0.2) is 18.2 Å². The predicted molar refractivity (Wildman–Crippen MR) is 59.6 cm³/mol.